The third-order valence-electron chi connectivity index (χ3n) is 4.96. The lowest BCUT2D eigenvalue weighted by Crippen LogP contribution is -2.34. The van der Waals surface area contributed by atoms with Crippen molar-refractivity contribution in [2.24, 2.45) is 0 Å². The Bertz CT molecular complexity index is 1420. The van der Waals surface area contributed by atoms with Crippen LogP contribution in [0.1, 0.15) is 10.4 Å². The number of rotatable bonds is 6. The number of hydrogen-bond donors (Lipinski definition) is 2. The van der Waals surface area contributed by atoms with E-state index in [1.807, 2.05) is 18.2 Å². The minimum atomic E-state index is -0.435. The number of carbonyl (C=O) groups is 1. The largest absolute Gasteiger partial charge is 0.493 e. The van der Waals surface area contributed by atoms with E-state index in [0.29, 0.717) is 45.5 Å². The highest BCUT2D eigenvalue weighted by atomic mass is 127. The van der Waals surface area contributed by atoms with Crippen LogP contribution in [0.25, 0.3) is 22.6 Å². The van der Waals surface area contributed by atoms with E-state index in [2.05, 4.69) is 54.1 Å². The molecule has 1 amide bonds. The first-order valence-corrected chi connectivity index (χ1v) is 12.4. The Kier molecular flexibility index (Phi) is 7.77. The number of methoxy groups -OCH3 is 3. The van der Waals surface area contributed by atoms with Gasteiger partial charge < -0.3 is 23.9 Å². The molecule has 0 atom stereocenters. The summed E-state index contributed by atoms with van der Waals surface area (Å²) in [7, 11) is 4.45. The van der Waals surface area contributed by atoms with E-state index in [1.54, 1.807) is 30.3 Å². The fourth-order valence-corrected chi connectivity index (χ4v) is 4.45. The van der Waals surface area contributed by atoms with Crippen molar-refractivity contribution in [1.29, 1.82) is 0 Å². The first-order chi connectivity index (χ1) is 16.8. The van der Waals surface area contributed by atoms with Crippen LogP contribution >= 0.6 is 50.7 Å². The molecule has 0 aliphatic rings. The number of nitrogens with zero attached hydrogens (tertiary/aromatic N) is 1. The number of benzene rings is 3. The quantitative estimate of drug-likeness (QED) is 0.191. The van der Waals surface area contributed by atoms with Gasteiger partial charge in [-0.05, 0) is 99.3 Å². The summed E-state index contributed by atoms with van der Waals surface area (Å²) < 4.78 is 23.8. The van der Waals surface area contributed by atoms with E-state index >= 15 is 0 Å². The molecule has 0 unspecified atom stereocenters. The lowest BCUT2D eigenvalue weighted by atomic mass is 10.1. The fraction of sp³-hybridized carbons (Fsp3) is 0.125. The van der Waals surface area contributed by atoms with Gasteiger partial charge in [0.25, 0.3) is 5.91 Å². The average Bonchev–Trinajstić information content (AvgIpc) is 3.27. The lowest BCUT2D eigenvalue weighted by molar-refractivity contribution is 0.0977. The Hall–Kier alpha value is -2.90. The number of fused-ring (bicyclic) bond motifs is 1. The molecule has 1 aromatic heterocycles. The van der Waals surface area contributed by atoms with Crippen LogP contribution in [0.4, 0.5) is 5.69 Å². The minimum absolute atomic E-state index is 0.118. The van der Waals surface area contributed by atoms with Gasteiger partial charge in [0.2, 0.25) is 11.6 Å². The van der Waals surface area contributed by atoms with Crippen LogP contribution in [-0.4, -0.2) is 37.3 Å². The maximum absolute atomic E-state index is 12.8. The number of halogens is 2. The van der Waals surface area contributed by atoms with Crippen molar-refractivity contribution >= 4 is 78.5 Å². The Morgan fingerprint density at radius 3 is 2.40 bits per heavy atom. The molecule has 2 N–H and O–H groups in total. The van der Waals surface area contributed by atoms with Crippen LogP contribution in [0.15, 0.2) is 57.4 Å². The van der Waals surface area contributed by atoms with Gasteiger partial charge in [0, 0.05) is 19.3 Å². The number of amides is 1. The van der Waals surface area contributed by atoms with Gasteiger partial charge in [-0.1, -0.05) is 0 Å². The monoisotopic (exact) mass is 667 g/mol. The zero-order valence-corrected chi connectivity index (χ0v) is 23.3. The number of aromatic nitrogens is 1. The van der Waals surface area contributed by atoms with E-state index in [4.69, 9.17) is 30.8 Å². The van der Waals surface area contributed by atoms with Crippen LogP contribution in [-0.2, 0) is 0 Å². The molecule has 1 heterocycles. The number of nitrogens with one attached hydrogen (secondary N) is 2. The zero-order chi connectivity index (χ0) is 25.1. The highest BCUT2D eigenvalue weighted by Crippen LogP contribution is 2.38. The molecule has 3 aromatic carbocycles. The van der Waals surface area contributed by atoms with Crippen LogP contribution in [0.3, 0.4) is 0 Å². The number of hydrogen-bond acceptors (Lipinski definition) is 7. The molecule has 0 saturated heterocycles. The summed E-state index contributed by atoms with van der Waals surface area (Å²) in [4.78, 5) is 17.4. The van der Waals surface area contributed by atoms with Crippen molar-refractivity contribution in [2.75, 3.05) is 26.6 Å². The van der Waals surface area contributed by atoms with Gasteiger partial charge in [-0.3, -0.25) is 10.1 Å². The third kappa shape index (κ3) is 5.52. The van der Waals surface area contributed by atoms with Gasteiger partial charge in [-0.15, -0.1) is 0 Å². The van der Waals surface area contributed by atoms with Crippen molar-refractivity contribution < 1.29 is 23.4 Å². The van der Waals surface area contributed by atoms with Crippen LogP contribution in [0.2, 0.25) is 0 Å². The highest BCUT2D eigenvalue weighted by Gasteiger charge is 2.18. The number of anilines is 1. The van der Waals surface area contributed by atoms with Gasteiger partial charge in [-0.2, -0.15) is 0 Å². The van der Waals surface area contributed by atoms with Gasteiger partial charge >= 0.3 is 0 Å². The van der Waals surface area contributed by atoms with Crippen molar-refractivity contribution in [3.63, 3.8) is 0 Å². The van der Waals surface area contributed by atoms with Gasteiger partial charge in [0.15, 0.2) is 22.2 Å². The molecule has 4 aromatic rings. The van der Waals surface area contributed by atoms with Crippen molar-refractivity contribution in [3.8, 4) is 28.7 Å². The Morgan fingerprint density at radius 2 is 1.74 bits per heavy atom. The molecule has 0 aliphatic heterocycles. The van der Waals surface area contributed by atoms with E-state index in [9.17, 15) is 4.79 Å². The summed E-state index contributed by atoms with van der Waals surface area (Å²) >= 11 is 11.1. The SMILES string of the molecule is COc1cc(C(=O)NC(=S)Nc2ccc3oc(-c4cc(I)ccc4Br)nc3c2)cc(OC)c1OC. The summed E-state index contributed by atoms with van der Waals surface area (Å²) in [5, 5.41) is 5.78. The molecule has 0 bridgehead atoms. The minimum Gasteiger partial charge on any atom is -0.493 e. The normalized spacial score (nSPS) is 10.7. The second-order valence-corrected chi connectivity index (χ2v) is 9.66. The molecule has 0 fully saturated rings. The zero-order valence-electron chi connectivity index (χ0n) is 18.8. The van der Waals surface area contributed by atoms with Crippen molar-refractivity contribution in [3.05, 3.63) is 62.1 Å². The van der Waals surface area contributed by atoms with Crippen molar-refractivity contribution in [1.82, 2.24) is 10.3 Å². The summed E-state index contributed by atoms with van der Waals surface area (Å²) in [6, 6.07) is 14.4. The number of oxazole rings is 1. The fourth-order valence-electron chi connectivity index (χ4n) is 3.33. The standard InChI is InChI=1S/C24H19BrIN3O5S/c1-31-19-8-12(9-20(32-2)21(19)33-3)22(30)29-24(35)27-14-5-7-18-17(11-14)28-23(34-18)15-10-13(26)4-6-16(15)25/h4-11H,1-3H3,(H2,27,29,30,35). The molecular weight excluding hydrogens is 649 g/mol. The average molecular weight is 668 g/mol. The second kappa shape index (κ2) is 10.8. The summed E-state index contributed by atoms with van der Waals surface area (Å²) in [5.74, 6) is 1.19. The van der Waals surface area contributed by atoms with E-state index < -0.39 is 5.91 Å². The molecule has 180 valence electrons. The Labute approximate surface area is 228 Å². The first-order valence-electron chi connectivity index (χ1n) is 10.1. The third-order valence-corrected chi connectivity index (χ3v) is 6.52. The van der Waals surface area contributed by atoms with Gasteiger partial charge in [0.05, 0.1) is 26.9 Å². The van der Waals surface area contributed by atoms with Crippen LogP contribution in [0.5, 0.6) is 17.2 Å². The van der Waals surface area contributed by atoms with Crippen molar-refractivity contribution in [2.45, 2.75) is 0 Å². The second-order valence-electron chi connectivity index (χ2n) is 7.15. The van der Waals surface area contributed by atoms with Crippen LogP contribution < -0.4 is 24.8 Å². The molecule has 0 spiro atoms. The summed E-state index contributed by atoms with van der Waals surface area (Å²) in [5.41, 5.74) is 3.08. The summed E-state index contributed by atoms with van der Waals surface area (Å²) in [6.07, 6.45) is 0. The number of ether oxygens (including phenoxy) is 3. The Balaban J connectivity index is 1.51. The Morgan fingerprint density at radius 1 is 1.03 bits per heavy atom. The number of thiocarbonyl (C=S) groups is 1. The number of carbonyl (C=O) groups excluding carboxylic acids is 1. The van der Waals surface area contributed by atoms with Crippen LogP contribution in [0, 0.1) is 3.57 Å². The molecular formula is C24H19BrIN3O5S. The molecule has 0 saturated carbocycles. The molecule has 11 heteroatoms. The lowest BCUT2D eigenvalue weighted by Gasteiger charge is -2.14. The molecule has 8 nitrogen and oxygen atoms in total. The molecule has 0 aliphatic carbocycles. The predicted octanol–water partition coefficient (Wildman–Crippen LogP) is 6.01. The summed E-state index contributed by atoms with van der Waals surface area (Å²) in [6.45, 7) is 0. The van der Waals surface area contributed by atoms with Gasteiger partial charge in [-0.25, -0.2) is 4.98 Å². The topological polar surface area (TPSA) is 94.9 Å². The maximum Gasteiger partial charge on any atom is 0.257 e. The van der Waals surface area contributed by atoms with E-state index in [0.717, 1.165) is 13.6 Å². The smallest absolute Gasteiger partial charge is 0.257 e. The van der Waals surface area contributed by atoms with Gasteiger partial charge in [0.1, 0.15) is 5.52 Å². The molecule has 4 rings (SSSR count). The highest BCUT2D eigenvalue weighted by molar-refractivity contribution is 14.1. The maximum atomic E-state index is 12.8. The molecule has 0 radical (unpaired) electrons. The van der Waals surface area contributed by atoms with E-state index in [-0.39, 0.29) is 5.11 Å². The van der Waals surface area contributed by atoms with E-state index in [1.165, 1.54) is 21.3 Å². The molecule has 35 heavy (non-hydrogen) atoms. The first kappa shape index (κ1) is 25.2. The predicted molar refractivity (Wildman–Crippen MR) is 150 cm³/mol.